The Labute approximate surface area is 222 Å². The average Bonchev–Trinajstić information content (AvgIpc) is 3.43. The Balaban J connectivity index is 1.63. The molecule has 0 saturated carbocycles. The first-order valence-corrected chi connectivity index (χ1v) is 13.0. The second-order valence-corrected chi connectivity index (χ2v) is 9.80. The Hall–Kier alpha value is -3.92. The Bertz CT molecular complexity index is 1340. The largest absolute Gasteiger partial charge is 0.416 e. The van der Waals surface area contributed by atoms with E-state index in [4.69, 9.17) is 5.41 Å². The first kappa shape index (κ1) is 27.1. The molecule has 1 atom stereocenters. The van der Waals surface area contributed by atoms with Gasteiger partial charge in [0.05, 0.1) is 5.56 Å². The van der Waals surface area contributed by atoms with Crippen molar-refractivity contribution in [2.24, 2.45) is 0 Å². The van der Waals surface area contributed by atoms with Crippen LogP contribution in [-0.4, -0.2) is 35.0 Å². The molecule has 1 aliphatic rings. The maximum atomic E-state index is 13.5. The van der Waals surface area contributed by atoms with Crippen molar-refractivity contribution < 1.29 is 22.8 Å². The molecule has 0 aliphatic carbocycles. The summed E-state index contributed by atoms with van der Waals surface area (Å²) in [5.74, 6) is -0.708. The molecule has 1 aromatic heterocycles. The van der Waals surface area contributed by atoms with E-state index in [2.05, 4.69) is 10.6 Å². The molecule has 0 saturated heterocycles. The number of hydrogen-bond donors (Lipinski definition) is 3. The summed E-state index contributed by atoms with van der Waals surface area (Å²) in [6.07, 6.45) is -3.48. The molecule has 2 amide bonds. The second-order valence-electron chi connectivity index (χ2n) is 8.77. The fourth-order valence-corrected chi connectivity index (χ4v) is 4.98. The predicted molar refractivity (Wildman–Crippen MR) is 142 cm³/mol. The summed E-state index contributed by atoms with van der Waals surface area (Å²) >= 11 is 1.60. The van der Waals surface area contributed by atoms with E-state index in [1.165, 1.54) is 11.0 Å². The number of hydrogen-bond acceptors (Lipinski definition) is 5. The molecule has 1 unspecified atom stereocenters. The molecule has 6 nitrogen and oxygen atoms in total. The van der Waals surface area contributed by atoms with Gasteiger partial charge in [-0.15, -0.1) is 11.3 Å². The first-order chi connectivity index (χ1) is 18.2. The highest BCUT2D eigenvalue weighted by atomic mass is 32.1. The lowest BCUT2D eigenvalue weighted by molar-refractivity contribution is -0.137. The lowest BCUT2D eigenvalue weighted by Crippen LogP contribution is -2.53. The Kier molecular flexibility index (Phi) is 8.31. The fraction of sp³-hybridized carbons (Fsp3) is 0.250. The second kappa shape index (κ2) is 11.6. The van der Waals surface area contributed by atoms with Crippen LogP contribution >= 0.6 is 11.3 Å². The summed E-state index contributed by atoms with van der Waals surface area (Å²) in [5.41, 5.74) is 0.494. The van der Waals surface area contributed by atoms with Gasteiger partial charge in [-0.3, -0.25) is 14.5 Å². The number of nitrogens with zero attached hydrogens (tertiary/aromatic N) is 1. The van der Waals surface area contributed by atoms with Gasteiger partial charge in [-0.25, -0.2) is 0 Å². The smallest absolute Gasteiger partial charge is 0.341 e. The number of amides is 2. The van der Waals surface area contributed by atoms with E-state index in [1.807, 2.05) is 47.8 Å². The van der Waals surface area contributed by atoms with Gasteiger partial charge in [-0.1, -0.05) is 30.3 Å². The number of carbonyl (C=O) groups excluding carboxylic acids is 2. The molecule has 3 aromatic rings. The van der Waals surface area contributed by atoms with Crippen LogP contribution in [0.15, 0.2) is 83.5 Å². The number of benzene rings is 2. The van der Waals surface area contributed by atoms with Gasteiger partial charge in [-0.2, -0.15) is 13.2 Å². The SMILES string of the molecule is CCN1C(=O)C(NC(=O)c2cccc(C(F)(F)F)c2)CC(C(=N)CCc2cccs2)=C1Nc1ccccc1. The van der Waals surface area contributed by atoms with E-state index in [-0.39, 0.29) is 18.5 Å². The van der Waals surface area contributed by atoms with Crippen LogP contribution in [0.1, 0.15) is 40.6 Å². The standard InChI is InChI=1S/C28H27F3N4O2S/c1-2-35-25(33-20-10-4-3-5-11-20)22(23(32)14-13-21-12-7-15-38-21)17-24(27(35)37)34-26(36)18-8-6-9-19(16-18)28(29,30)31/h3-12,15-16,24,32-33H,2,13-14,17H2,1H3,(H,34,36). The van der Waals surface area contributed by atoms with Crippen LogP contribution in [0, 0.1) is 5.41 Å². The summed E-state index contributed by atoms with van der Waals surface area (Å²) in [6.45, 7) is 2.06. The molecule has 198 valence electrons. The third-order valence-electron chi connectivity index (χ3n) is 6.20. The lowest BCUT2D eigenvalue weighted by atomic mass is 9.93. The topological polar surface area (TPSA) is 85.3 Å². The Morgan fingerprint density at radius 1 is 1.11 bits per heavy atom. The Morgan fingerprint density at radius 3 is 2.53 bits per heavy atom. The number of nitrogens with one attached hydrogen (secondary N) is 3. The van der Waals surface area contributed by atoms with Crippen LogP contribution in [0.5, 0.6) is 0 Å². The van der Waals surface area contributed by atoms with E-state index in [0.29, 0.717) is 29.9 Å². The fourth-order valence-electron chi connectivity index (χ4n) is 4.28. The number of alkyl halides is 3. The van der Waals surface area contributed by atoms with E-state index in [0.717, 1.165) is 28.8 Å². The minimum absolute atomic E-state index is 0.0402. The van der Waals surface area contributed by atoms with E-state index in [9.17, 15) is 22.8 Å². The first-order valence-electron chi connectivity index (χ1n) is 12.1. The van der Waals surface area contributed by atoms with Crippen molar-refractivity contribution in [1.82, 2.24) is 10.2 Å². The van der Waals surface area contributed by atoms with Gasteiger partial charge in [-0.05, 0) is 61.5 Å². The zero-order chi connectivity index (χ0) is 27.3. The van der Waals surface area contributed by atoms with Gasteiger partial charge in [0.1, 0.15) is 11.9 Å². The molecule has 3 N–H and O–H groups in total. The number of halogens is 3. The summed E-state index contributed by atoms with van der Waals surface area (Å²) < 4.78 is 39.5. The molecule has 10 heteroatoms. The third-order valence-corrected chi connectivity index (χ3v) is 7.14. The van der Waals surface area contributed by atoms with Crippen molar-refractivity contribution in [3.8, 4) is 0 Å². The monoisotopic (exact) mass is 540 g/mol. The predicted octanol–water partition coefficient (Wildman–Crippen LogP) is 6.09. The molecule has 0 fully saturated rings. The number of para-hydroxylation sites is 1. The normalized spacial score (nSPS) is 15.9. The van der Waals surface area contributed by atoms with Crippen LogP contribution in [0.2, 0.25) is 0 Å². The number of likely N-dealkylation sites (N-methyl/N-ethyl adjacent to an activating group) is 1. The van der Waals surface area contributed by atoms with Gasteiger partial charge in [0, 0.05) is 40.4 Å². The van der Waals surface area contributed by atoms with E-state index in [1.54, 1.807) is 18.3 Å². The third kappa shape index (κ3) is 6.31. The van der Waals surface area contributed by atoms with Crippen LogP contribution in [0.3, 0.4) is 0 Å². The van der Waals surface area contributed by atoms with Crippen molar-refractivity contribution in [1.29, 1.82) is 5.41 Å². The molecule has 0 spiro atoms. The van der Waals surface area contributed by atoms with Crippen molar-refractivity contribution in [2.75, 3.05) is 11.9 Å². The summed E-state index contributed by atoms with van der Waals surface area (Å²) in [6, 6.07) is 16.3. The summed E-state index contributed by atoms with van der Waals surface area (Å²) in [5, 5.41) is 16.7. The number of carbonyl (C=O) groups is 2. The molecular formula is C28H27F3N4O2S. The summed E-state index contributed by atoms with van der Waals surface area (Å²) in [7, 11) is 0. The van der Waals surface area contributed by atoms with Crippen molar-refractivity contribution in [3.63, 3.8) is 0 Å². The Morgan fingerprint density at radius 2 is 1.87 bits per heavy atom. The van der Waals surface area contributed by atoms with Gasteiger partial charge in [0.15, 0.2) is 0 Å². The minimum Gasteiger partial charge on any atom is -0.341 e. The molecule has 4 rings (SSSR count). The summed E-state index contributed by atoms with van der Waals surface area (Å²) in [4.78, 5) is 29.0. The van der Waals surface area contributed by atoms with Crippen LogP contribution in [0.4, 0.5) is 18.9 Å². The highest BCUT2D eigenvalue weighted by Crippen LogP contribution is 2.30. The van der Waals surface area contributed by atoms with E-state index >= 15 is 0 Å². The highest BCUT2D eigenvalue weighted by molar-refractivity contribution is 7.09. The molecular weight excluding hydrogens is 513 g/mol. The molecule has 0 radical (unpaired) electrons. The average molecular weight is 541 g/mol. The molecule has 0 bridgehead atoms. The van der Waals surface area contributed by atoms with Gasteiger partial charge in [0.2, 0.25) is 0 Å². The number of thiophene rings is 1. The zero-order valence-corrected chi connectivity index (χ0v) is 21.5. The highest BCUT2D eigenvalue weighted by Gasteiger charge is 2.37. The minimum atomic E-state index is -4.60. The van der Waals surface area contributed by atoms with Gasteiger partial charge < -0.3 is 16.0 Å². The van der Waals surface area contributed by atoms with Crippen LogP contribution in [0.25, 0.3) is 0 Å². The molecule has 1 aliphatic heterocycles. The van der Waals surface area contributed by atoms with Gasteiger partial charge >= 0.3 is 6.18 Å². The van der Waals surface area contributed by atoms with Crippen LogP contribution < -0.4 is 10.6 Å². The van der Waals surface area contributed by atoms with Crippen molar-refractivity contribution >= 4 is 34.6 Å². The van der Waals surface area contributed by atoms with Crippen molar-refractivity contribution in [3.05, 3.63) is 99.5 Å². The van der Waals surface area contributed by atoms with E-state index < -0.39 is 29.6 Å². The maximum absolute atomic E-state index is 13.5. The van der Waals surface area contributed by atoms with Crippen LogP contribution in [-0.2, 0) is 17.4 Å². The lowest BCUT2D eigenvalue weighted by Gasteiger charge is -2.36. The zero-order valence-electron chi connectivity index (χ0n) is 20.6. The molecule has 2 aromatic carbocycles. The van der Waals surface area contributed by atoms with Crippen molar-refractivity contribution in [2.45, 2.75) is 38.4 Å². The number of aryl methyl sites for hydroxylation is 1. The van der Waals surface area contributed by atoms with Gasteiger partial charge in [0.25, 0.3) is 11.8 Å². The number of rotatable bonds is 9. The molecule has 38 heavy (non-hydrogen) atoms. The molecule has 2 heterocycles. The number of anilines is 1. The quantitative estimate of drug-likeness (QED) is 0.287. The maximum Gasteiger partial charge on any atom is 0.416 e.